The van der Waals surface area contributed by atoms with Crippen molar-refractivity contribution in [3.63, 3.8) is 0 Å². The van der Waals surface area contributed by atoms with Gasteiger partial charge in [-0.15, -0.1) is 0 Å². The SMILES string of the molecule is NC(=O)CC[C@@H]1NC(=O)C(Cc2ccc(O)cc2)NC(=O)c2cc([N+](=O)[O-])cc(F)c2NCCC[C@@H](C(N)=O)NC1=O. The lowest BCUT2D eigenvalue weighted by Gasteiger charge is -2.24. The minimum atomic E-state index is -1.43. The summed E-state index contributed by atoms with van der Waals surface area (Å²) in [5.74, 6) is -5.62. The number of fused-ring (bicyclic) bond motifs is 1. The number of non-ortho nitro benzene ring substituents is 1. The van der Waals surface area contributed by atoms with Crippen LogP contribution in [-0.4, -0.2) is 64.2 Å². The zero-order valence-electron chi connectivity index (χ0n) is 22.2. The van der Waals surface area contributed by atoms with Gasteiger partial charge in [0.1, 0.15) is 23.9 Å². The Balaban J connectivity index is 2.07. The van der Waals surface area contributed by atoms with Crippen LogP contribution in [0.4, 0.5) is 15.8 Å². The van der Waals surface area contributed by atoms with E-state index in [4.69, 9.17) is 11.5 Å². The van der Waals surface area contributed by atoms with Crippen LogP contribution in [0.1, 0.15) is 41.6 Å². The van der Waals surface area contributed by atoms with Crippen molar-refractivity contribution in [2.45, 2.75) is 50.2 Å². The Morgan fingerprint density at radius 1 is 1.02 bits per heavy atom. The molecule has 9 N–H and O–H groups in total. The number of nitrogens with zero attached hydrogens (tertiary/aromatic N) is 1. The normalized spacial score (nSPS) is 19.9. The molecule has 0 fully saturated rings. The molecule has 224 valence electrons. The van der Waals surface area contributed by atoms with Crippen molar-refractivity contribution in [3.05, 3.63) is 63.5 Å². The van der Waals surface area contributed by atoms with Crippen LogP contribution in [0.3, 0.4) is 0 Å². The topological polar surface area (TPSA) is 249 Å². The summed E-state index contributed by atoms with van der Waals surface area (Å²) >= 11 is 0. The van der Waals surface area contributed by atoms with Gasteiger partial charge in [0.25, 0.3) is 11.6 Å². The van der Waals surface area contributed by atoms with Gasteiger partial charge in [0, 0.05) is 25.5 Å². The van der Waals surface area contributed by atoms with Crippen LogP contribution in [0.5, 0.6) is 5.75 Å². The van der Waals surface area contributed by atoms with Crippen molar-refractivity contribution in [1.82, 2.24) is 16.0 Å². The highest BCUT2D eigenvalue weighted by atomic mass is 19.1. The molecule has 0 spiro atoms. The standard InChI is InChI=1S/C26H30FN7O8/c27-17-12-14(34(41)42)11-16-22(17)30-9-1-2-18(23(29)37)31-25(39)19(7-8-21(28)36)32-26(40)20(33-24(16)38)10-13-3-5-15(35)6-4-13/h3-6,11-12,18-20,30,35H,1-2,7-10H2,(H2,28,36)(H2,29,37)(H,31,39)(H,32,40)(H,33,38)/t18-,19-,20?/m0/s1. The number of nitrogens with two attached hydrogens (primary N) is 2. The van der Waals surface area contributed by atoms with E-state index in [2.05, 4.69) is 21.3 Å². The van der Waals surface area contributed by atoms with Crippen LogP contribution in [0, 0.1) is 15.9 Å². The number of nitro benzene ring substituents is 1. The summed E-state index contributed by atoms with van der Waals surface area (Å²) in [6, 6.07) is 3.09. The number of hydrogen-bond donors (Lipinski definition) is 7. The van der Waals surface area contributed by atoms with Gasteiger partial charge in [-0.1, -0.05) is 12.1 Å². The van der Waals surface area contributed by atoms with Gasteiger partial charge >= 0.3 is 0 Å². The maximum absolute atomic E-state index is 15.0. The van der Waals surface area contributed by atoms with E-state index in [0.717, 1.165) is 6.07 Å². The number of nitro groups is 1. The fourth-order valence-electron chi connectivity index (χ4n) is 4.27. The van der Waals surface area contributed by atoms with Crippen molar-refractivity contribution in [2.75, 3.05) is 11.9 Å². The minimum Gasteiger partial charge on any atom is -0.508 e. The first kappa shape index (κ1) is 31.3. The molecule has 0 radical (unpaired) electrons. The molecule has 16 heteroatoms. The third kappa shape index (κ3) is 8.36. The molecule has 1 unspecified atom stereocenters. The second-order valence-electron chi connectivity index (χ2n) is 9.60. The average Bonchev–Trinajstić information content (AvgIpc) is 2.92. The van der Waals surface area contributed by atoms with Gasteiger partial charge in [0.05, 0.1) is 22.2 Å². The maximum atomic E-state index is 15.0. The van der Waals surface area contributed by atoms with E-state index >= 15 is 4.39 Å². The molecule has 3 atom stereocenters. The average molecular weight is 588 g/mol. The number of halogens is 1. The van der Waals surface area contributed by atoms with Gasteiger partial charge < -0.3 is 37.8 Å². The Hall–Kier alpha value is -5.28. The molecule has 2 aromatic rings. The van der Waals surface area contributed by atoms with Gasteiger partial charge in [-0.3, -0.25) is 34.1 Å². The molecule has 0 saturated carbocycles. The van der Waals surface area contributed by atoms with E-state index in [1.165, 1.54) is 24.3 Å². The molecule has 0 bridgehead atoms. The van der Waals surface area contributed by atoms with Crippen LogP contribution in [0.25, 0.3) is 0 Å². The molecule has 15 nitrogen and oxygen atoms in total. The third-order valence-electron chi connectivity index (χ3n) is 6.47. The Kier molecular flexibility index (Phi) is 10.3. The third-order valence-corrected chi connectivity index (χ3v) is 6.47. The number of benzene rings is 2. The zero-order valence-corrected chi connectivity index (χ0v) is 22.2. The van der Waals surface area contributed by atoms with Crippen LogP contribution in [0.2, 0.25) is 0 Å². The van der Waals surface area contributed by atoms with Crippen molar-refractivity contribution in [3.8, 4) is 5.75 Å². The van der Waals surface area contributed by atoms with E-state index in [1.807, 2.05) is 0 Å². The Morgan fingerprint density at radius 2 is 1.69 bits per heavy atom. The highest BCUT2D eigenvalue weighted by Crippen LogP contribution is 2.27. The lowest BCUT2D eigenvalue weighted by Crippen LogP contribution is -2.56. The molecular formula is C26H30FN7O8. The van der Waals surface area contributed by atoms with Gasteiger partial charge in [0.15, 0.2) is 5.82 Å². The van der Waals surface area contributed by atoms with Crippen molar-refractivity contribution >= 4 is 40.9 Å². The number of phenolic OH excluding ortho intramolecular Hbond substituents is 1. The zero-order chi connectivity index (χ0) is 31.0. The number of phenols is 1. The fraction of sp³-hybridized carbons (Fsp3) is 0.346. The van der Waals surface area contributed by atoms with Crippen LogP contribution >= 0.6 is 0 Å². The molecule has 0 aromatic heterocycles. The van der Waals surface area contributed by atoms with Crippen LogP contribution in [-0.2, 0) is 25.6 Å². The molecule has 1 aliphatic rings. The summed E-state index contributed by atoms with van der Waals surface area (Å²) in [6.07, 6.45) is -0.641. The second-order valence-corrected chi connectivity index (χ2v) is 9.60. The summed E-state index contributed by atoms with van der Waals surface area (Å²) in [5, 5.41) is 31.0. The van der Waals surface area contributed by atoms with Crippen molar-refractivity contribution in [1.29, 1.82) is 0 Å². The number of nitrogens with one attached hydrogen (secondary N) is 4. The van der Waals surface area contributed by atoms with E-state index in [-0.39, 0.29) is 50.1 Å². The Bertz CT molecular complexity index is 1390. The molecule has 1 heterocycles. The smallest absolute Gasteiger partial charge is 0.273 e. The first-order valence-electron chi connectivity index (χ1n) is 12.8. The van der Waals surface area contributed by atoms with Gasteiger partial charge in [-0.25, -0.2) is 4.39 Å². The van der Waals surface area contributed by atoms with E-state index in [9.17, 15) is 39.2 Å². The molecule has 3 rings (SSSR count). The number of hydrogen-bond acceptors (Lipinski definition) is 9. The molecule has 0 aliphatic carbocycles. The van der Waals surface area contributed by atoms with Crippen molar-refractivity contribution < 1.29 is 38.4 Å². The quantitative estimate of drug-likeness (QED) is 0.166. The summed E-state index contributed by atoms with van der Waals surface area (Å²) in [7, 11) is 0. The first-order chi connectivity index (χ1) is 19.8. The lowest BCUT2D eigenvalue weighted by molar-refractivity contribution is -0.385. The summed E-state index contributed by atoms with van der Waals surface area (Å²) < 4.78 is 15.0. The Labute approximate surface area is 238 Å². The van der Waals surface area contributed by atoms with Crippen LogP contribution in [0.15, 0.2) is 36.4 Å². The van der Waals surface area contributed by atoms with Crippen LogP contribution < -0.4 is 32.7 Å². The van der Waals surface area contributed by atoms with E-state index in [1.54, 1.807) is 0 Å². The fourth-order valence-corrected chi connectivity index (χ4v) is 4.27. The molecule has 5 amide bonds. The highest BCUT2D eigenvalue weighted by molar-refractivity contribution is 6.03. The van der Waals surface area contributed by atoms with Crippen molar-refractivity contribution in [2.24, 2.45) is 11.5 Å². The number of primary amides is 2. The summed E-state index contributed by atoms with van der Waals surface area (Å²) in [4.78, 5) is 74.0. The van der Waals surface area contributed by atoms with E-state index < -0.39 is 69.7 Å². The monoisotopic (exact) mass is 587 g/mol. The molecule has 2 aromatic carbocycles. The summed E-state index contributed by atoms with van der Waals surface area (Å²) in [5.41, 5.74) is 9.56. The predicted molar refractivity (Wildman–Crippen MR) is 145 cm³/mol. The predicted octanol–water partition coefficient (Wildman–Crippen LogP) is -0.293. The Morgan fingerprint density at radius 3 is 2.31 bits per heavy atom. The molecule has 0 saturated heterocycles. The summed E-state index contributed by atoms with van der Waals surface area (Å²) in [6.45, 7) is -0.0338. The number of aromatic hydroxyl groups is 1. The molecular weight excluding hydrogens is 557 g/mol. The largest absolute Gasteiger partial charge is 0.508 e. The highest BCUT2D eigenvalue weighted by Gasteiger charge is 2.31. The molecule has 1 aliphatic heterocycles. The molecule has 42 heavy (non-hydrogen) atoms. The lowest BCUT2D eigenvalue weighted by atomic mass is 10.0. The van der Waals surface area contributed by atoms with Gasteiger partial charge in [-0.05, 0) is 37.0 Å². The number of carbonyl (C=O) groups excluding carboxylic acids is 5. The first-order valence-corrected chi connectivity index (χ1v) is 12.8. The second kappa shape index (κ2) is 13.9. The number of rotatable bonds is 7. The number of carbonyl (C=O) groups is 5. The van der Waals surface area contributed by atoms with Gasteiger partial charge in [-0.2, -0.15) is 0 Å². The number of anilines is 1. The van der Waals surface area contributed by atoms with Gasteiger partial charge in [0.2, 0.25) is 23.6 Å². The van der Waals surface area contributed by atoms with E-state index in [0.29, 0.717) is 11.6 Å². The number of amides is 5. The minimum absolute atomic E-state index is 0.0236. The maximum Gasteiger partial charge on any atom is 0.273 e.